The van der Waals surface area contributed by atoms with Gasteiger partial charge in [0, 0.05) is 22.7 Å². The molecule has 0 spiro atoms. The van der Waals surface area contributed by atoms with Crippen LogP contribution in [0.4, 0.5) is 4.79 Å². The topological polar surface area (TPSA) is 60.4 Å². The van der Waals surface area contributed by atoms with E-state index in [1.165, 1.54) is 18.2 Å². The molecule has 0 unspecified atom stereocenters. The van der Waals surface area contributed by atoms with E-state index in [-0.39, 0.29) is 16.9 Å². The van der Waals surface area contributed by atoms with Gasteiger partial charge in [0.15, 0.2) is 0 Å². The van der Waals surface area contributed by atoms with Crippen molar-refractivity contribution < 1.29 is 19.1 Å². The van der Waals surface area contributed by atoms with E-state index in [0.717, 1.165) is 0 Å². The molecule has 1 aromatic carbocycles. The third kappa shape index (κ3) is 3.48. The Kier molecular flexibility index (Phi) is 4.29. The summed E-state index contributed by atoms with van der Waals surface area (Å²) in [4.78, 5) is 32.3. The number of ether oxygens (including phenoxy) is 1. The van der Waals surface area contributed by atoms with E-state index < -0.39 is 15.9 Å². The molecule has 0 aliphatic heterocycles. The van der Waals surface area contributed by atoms with Crippen LogP contribution in [-0.4, -0.2) is 15.9 Å². The number of benzene rings is 1. The summed E-state index contributed by atoms with van der Waals surface area (Å²) in [5, 5.41) is -1.63. The lowest BCUT2D eigenvalue weighted by molar-refractivity contribution is 0.108. The number of carbonyl (C=O) groups excluding carboxylic acids is 3. The summed E-state index contributed by atoms with van der Waals surface area (Å²) in [7, 11) is 0. The molecule has 4 nitrogen and oxygen atoms in total. The van der Waals surface area contributed by atoms with Crippen molar-refractivity contribution in [3.8, 4) is 5.75 Å². The largest absolute Gasteiger partial charge is 0.414 e. The second-order valence-corrected chi connectivity index (χ2v) is 3.63. The van der Waals surface area contributed by atoms with E-state index in [9.17, 15) is 14.4 Å². The fraction of sp³-hybridized carbons (Fsp3) is 0. The predicted molar refractivity (Wildman–Crippen MR) is 58.7 cm³/mol. The van der Waals surface area contributed by atoms with Crippen molar-refractivity contribution in [2.75, 3.05) is 0 Å². The first-order chi connectivity index (χ1) is 7.40. The summed E-state index contributed by atoms with van der Waals surface area (Å²) in [6.45, 7) is 0. The highest BCUT2D eigenvalue weighted by atomic mass is 35.5. The van der Waals surface area contributed by atoms with Crippen molar-refractivity contribution >= 4 is 50.7 Å². The molecular weight excluding hydrogens is 278 g/mol. The van der Waals surface area contributed by atoms with Crippen LogP contribution in [-0.2, 0) is 0 Å². The van der Waals surface area contributed by atoms with E-state index in [0.29, 0.717) is 0 Å². The van der Waals surface area contributed by atoms with E-state index in [1.54, 1.807) is 0 Å². The average molecular weight is 281 g/mol. The van der Waals surface area contributed by atoms with E-state index in [4.69, 9.17) is 34.8 Å². The van der Waals surface area contributed by atoms with Crippen molar-refractivity contribution in [2.45, 2.75) is 0 Å². The minimum atomic E-state index is -1.10. The molecule has 7 heteroatoms. The molecule has 0 radical (unpaired) electrons. The Morgan fingerprint density at radius 2 is 1.31 bits per heavy atom. The van der Waals surface area contributed by atoms with Gasteiger partial charge in [-0.05, 0) is 41.4 Å². The number of hydrogen-bond acceptors (Lipinski definition) is 4. The van der Waals surface area contributed by atoms with Crippen LogP contribution in [0.1, 0.15) is 20.7 Å². The Labute approximate surface area is 105 Å². The van der Waals surface area contributed by atoms with E-state index >= 15 is 0 Å². The maximum Gasteiger partial charge on any atom is 0.409 e. The number of halogens is 3. The van der Waals surface area contributed by atoms with Gasteiger partial charge < -0.3 is 4.74 Å². The van der Waals surface area contributed by atoms with Crippen LogP contribution >= 0.6 is 34.8 Å². The molecule has 16 heavy (non-hydrogen) atoms. The maximum atomic E-state index is 10.9. The quantitative estimate of drug-likeness (QED) is 0.798. The van der Waals surface area contributed by atoms with Crippen LogP contribution < -0.4 is 4.74 Å². The zero-order chi connectivity index (χ0) is 12.3. The molecule has 0 saturated heterocycles. The highest BCUT2D eigenvalue weighted by Crippen LogP contribution is 2.20. The third-order valence-corrected chi connectivity index (χ3v) is 2.07. The van der Waals surface area contributed by atoms with Gasteiger partial charge in [0.2, 0.25) is 0 Å². The average Bonchev–Trinajstić information content (AvgIpc) is 2.15. The van der Waals surface area contributed by atoms with Crippen LogP contribution in [0.5, 0.6) is 5.75 Å². The normalized spacial score (nSPS) is 9.69. The molecule has 0 bridgehead atoms. The van der Waals surface area contributed by atoms with Gasteiger partial charge in [0.25, 0.3) is 10.5 Å². The Hall–Kier alpha value is -1.10. The van der Waals surface area contributed by atoms with Crippen LogP contribution in [0.15, 0.2) is 18.2 Å². The van der Waals surface area contributed by atoms with E-state index in [2.05, 4.69) is 4.74 Å². The second-order valence-electron chi connectivity index (χ2n) is 2.63. The summed E-state index contributed by atoms with van der Waals surface area (Å²) >= 11 is 15.4. The van der Waals surface area contributed by atoms with Gasteiger partial charge in [-0.1, -0.05) is 0 Å². The van der Waals surface area contributed by atoms with Crippen LogP contribution in [0.3, 0.4) is 0 Å². The fourth-order valence-corrected chi connectivity index (χ4v) is 1.28. The van der Waals surface area contributed by atoms with E-state index in [1.807, 2.05) is 0 Å². The Bertz CT molecular complexity index is 438. The lowest BCUT2D eigenvalue weighted by Crippen LogP contribution is -2.01. The number of rotatable bonds is 3. The van der Waals surface area contributed by atoms with Gasteiger partial charge in [-0.15, -0.1) is 0 Å². The number of carbonyl (C=O) groups is 3. The molecule has 1 rings (SSSR count). The van der Waals surface area contributed by atoms with Gasteiger partial charge in [-0.2, -0.15) is 0 Å². The van der Waals surface area contributed by atoms with Gasteiger partial charge in [-0.25, -0.2) is 4.79 Å². The van der Waals surface area contributed by atoms with Crippen molar-refractivity contribution in [3.05, 3.63) is 29.3 Å². The molecule has 0 atom stereocenters. The minimum absolute atomic E-state index is 0.0268. The number of hydrogen-bond donors (Lipinski definition) is 0. The summed E-state index contributed by atoms with van der Waals surface area (Å²) in [5.74, 6) is -0.0875. The minimum Gasteiger partial charge on any atom is -0.414 e. The molecule has 0 N–H and O–H groups in total. The van der Waals surface area contributed by atoms with Gasteiger partial charge in [0.05, 0.1) is 0 Å². The Morgan fingerprint density at radius 1 is 0.875 bits per heavy atom. The first-order valence-corrected chi connectivity index (χ1v) is 4.95. The molecule has 0 saturated carbocycles. The highest BCUT2D eigenvalue weighted by Gasteiger charge is 2.12. The van der Waals surface area contributed by atoms with Gasteiger partial charge in [-0.3, -0.25) is 9.59 Å². The van der Waals surface area contributed by atoms with Crippen LogP contribution in [0.2, 0.25) is 0 Å². The van der Waals surface area contributed by atoms with Crippen molar-refractivity contribution in [1.29, 1.82) is 0 Å². The molecule has 0 heterocycles. The lowest BCUT2D eigenvalue weighted by Gasteiger charge is -2.03. The molecular formula is C9H3Cl3O4. The lowest BCUT2D eigenvalue weighted by atomic mass is 10.1. The molecule has 0 aromatic heterocycles. The van der Waals surface area contributed by atoms with Crippen LogP contribution in [0, 0.1) is 0 Å². The molecule has 0 aliphatic carbocycles. The summed E-state index contributed by atoms with van der Waals surface area (Å²) in [6.07, 6.45) is 0. The summed E-state index contributed by atoms with van der Waals surface area (Å²) in [5.41, 5.74) is -1.16. The smallest absolute Gasteiger partial charge is 0.409 e. The third-order valence-electron chi connectivity index (χ3n) is 1.56. The Morgan fingerprint density at radius 3 is 1.62 bits per heavy atom. The van der Waals surface area contributed by atoms with Crippen molar-refractivity contribution in [2.24, 2.45) is 0 Å². The molecule has 0 fully saturated rings. The SMILES string of the molecule is O=C(Cl)Oc1cc(C(=O)Cl)cc(C(=O)Cl)c1. The Balaban J connectivity index is 3.23. The zero-order valence-corrected chi connectivity index (χ0v) is 9.77. The standard InChI is InChI=1S/C9H3Cl3O4/c10-7(13)4-1-5(8(11)14)3-6(2-4)16-9(12)15/h1-3H. The van der Waals surface area contributed by atoms with Gasteiger partial charge in [0.1, 0.15) is 5.75 Å². The van der Waals surface area contributed by atoms with Crippen molar-refractivity contribution in [3.63, 3.8) is 0 Å². The summed E-state index contributed by atoms with van der Waals surface area (Å²) < 4.78 is 4.50. The highest BCUT2D eigenvalue weighted by molar-refractivity contribution is 6.69. The first-order valence-electron chi connectivity index (χ1n) is 3.82. The predicted octanol–water partition coefficient (Wildman–Crippen LogP) is 3.18. The molecule has 0 amide bonds. The fourth-order valence-electron chi connectivity index (χ4n) is 0.978. The second kappa shape index (κ2) is 5.30. The van der Waals surface area contributed by atoms with Gasteiger partial charge >= 0.3 is 5.43 Å². The monoisotopic (exact) mass is 280 g/mol. The summed E-state index contributed by atoms with van der Waals surface area (Å²) in [6, 6.07) is 3.51. The maximum absolute atomic E-state index is 10.9. The first kappa shape index (κ1) is 13.0. The zero-order valence-electron chi connectivity index (χ0n) is 7.50. The molecule has 1 aromatic rings. The van der Waals surface area contributed by atoms with Crippen molar-refractivity contribution in [1.82, 2.24) is 0 Å². The van der Waals surface area contributed by atoms with Crippen LogP contribution in [0.25, 0.3) is 0 Å². The molecule has 84 valence electrons. The molecule has 0 aliphatic rings.